The molecule has 2 aromatic carbocycles. The third kappa shape index (κ3) is 5.07. The summed E-state index contributed by atoms with van der Waals surface area (Å²) in [5.41, 5.74) is 4.59. The summed E-state index contributed by atoms with van der Waals surface area (Å²) in [6, 6.07) is 14.6. The summed E-state index contributed by atoms with van der Waals surface area (Å²) >= 11 is 0. The van der Waals surface area contributed by atoms with Gasteiger partial charge < -0.3 is 25.6 Å². The number of fused-ring (bicyclic) bond motifs is 3. The number of hydrogen-bond donors (Lipinski definition) is 4. The Labute approximate surface area is 198 Å². The molecule has 2 aromatic rings. The minimum absolute atomic E-state index is 0.0311. The van der Waals surface area contributed by atoms with E-state index < -0.39 is 36.0 Å². The van der Waals surface area contributed by atoms with E-state index in [2.05, 4.69) is 34.9 Å². The highest BCUT2D eigenvalue weighted by Crippen LogP contribution is 2.44. The largest absolute Gasteiger partial charge is 0.480 e. The number of carboxylic acid groups (broad SMARTS) is 1. The molecule has 0 radical (unpaired) electrons. The van der Waals surface area contributed by atoms with E-state index in [1.165, 1.54) is 6.92 Å². The van der Waals surface area contributed by atoms with Crippen LogP contribution in [0.5, 0.6) is 0 Å². The second-order valence-electron chi connectivity index (χ2n) is 9.10. The molecular weight excluding hydrogens is 436 g/mol. The maximum absolute atomic E-state index is 12.6. The molecule has 0 heterocycles. The first-order chi connectivity index (χ1) is 16.3. The van der Waals surface area contributed by atoms with E-state index in [0.717, 1.165) is 28.7 Å². The Morgan fingerprint density at radius 3 is 2.24 bits per heavy atom. The van der Waals surface area contributed by atoms with Gasteiger partial charge in [0, 0.05) is 17.9 Å². The number of aliphatic hydroxyl groups is 1. The molecule has 8 nitrogen and oxygen atoms in total. The molecule has 0 saturated heterocycles. The fourth-order valence-electron chi connectivity index (χ4n) is 5.03. The third-order valence-corrected chi connectivity index (χ3v) is 6.76. The highest BCUT2D eigenvalue weighted by Gasteiger charge is 2.33. The van der Waals surface area contributed by atoms with Gasteiger partial charge in [-0.15, -0.1) is 0 Å². The molecular formula is C26H30N2O6. The number of benzene rings is 2. The number of hydrogen-bond acceptors (Lipinski definition) is 5. The topological polar surface area (TPSA) is 125 Å². The van der Waals surface area contributed by atoms with Crippen molar-refractivity contribution in [3.63, 3.8) is 0 Å². The maximum Gasteiger partial charge on any atom is 0.407 e. The molecule has 0 spiro atoms. The smallest absolute Gasteiger partial charge is 0.407 e. The molecule has 1 fully saturated rings. The Morgan fingerprint density at radius 1 is 1.03 bits per heavy atom. The van der Waals surface area contributed by atoms with Crippen molar-refractivity contribution < 1.29 is 29.3 Å². The average Bonchev–Trinajstić information content (AvgIpc) is 3.14. The van der Waals surface area contributed by atoms with Gasteiger partial charge in [-0.25, -0.2) is 9.59 Å². The molecule has 34 heavy (non-hydrogen) atoms. The second-order valence-corrected chi connectivity index (χ2v) is 9.10. The number of rotatable bonds is 7. The first-order valence-electron chi connectivity index (χ1n) is 11.7. The number of aliphatic carboxylic acids is 1. The first-order valence-corrected chi connectivity index (χ1v) is 11.7. The van der Waals surface area contributed by atoms with Crippen molar-refractivity contribution in [2.24, 2.45) is 5.92 Å². The Morgan fingerprint density at radius 2 is 1.65 bits per heavy atom. The van der Waals surface area contributed by atoms with Crippen LogP contribution in [0.4, 0.5) is 4.79 Å². The quantitative estimate of drug-likeness (QED) is 0.497. The zero-order valence-corrected chi connectivity index (χ0v) is 19.1. The van der Waals surface area contributed by atoms with Crippen molar-refractivity contribution in [3.05, 3.63) is 59.7 Å². The lowest BCUT2D eigenvalue weighted by atomic mass is 9.85. The number of carbonyl (C=O) groups is 3. The zero-order valence-electron chi connectivity index (χ0n) is 19.1. The normalized spacial score (nSPS) is 21.0. The van der Waals surface area contributed by atoms with E-state index >= 15 is 0 Å². The van der Waals surface area contributed by atoms with Crippen molar-refractivity contribution in [3.8, 4) is 11.1 Å². The van der Waals surface area contributed by atoms with Crippen molar-refractivity contribution in [2.75, 3.05) is 6.61 Å². The molecule has 0 aliphatic heterocycles. The van der Waals surface area contributed by atoms with Gasteiger partial charge in [0.15, 0.2) is 6.04 Å². The third-order valence-electron chi connectivity index (χ3n) is 6.76. The fraction of sp³-hybridized carbons (Fsp3) is 0.423. The standard InChI is InChI=1S/C26H30N2O6/c1-15(29)23(25(31)32)28-24(30)16-7-6-8-17(13-16)27-26(33)34-14-22-20-11-4-2-9-18(20)19-10-3-5-12-21(19)22/h2-5,9-12,15-17,22-23,29H,6-8,13-14H2,1H3,(H,27,33)(H,28,30)(H,31,32). The molecule has 0 aromatic heterocycles. The summed E-state index contributed by atoms with van der Waals surface area (Å²) in [5, 5.41) is 24.1. The fourth-order valence-corrected chi connectivity index (χ4v) is 5.03. The SMILES string of the molecule is CC(O)C(NC(=O)C1CCCC(NC(=O)OCC2c3ccccc3-c3ccccc32)C1)C(=O)O. The predicted molar refractivity (Wildman–Crippen MR) is 125 cm³/mol. The molecule has 2 aliphatic carbocycles. The average molecular weight is 467 g/mol. The minimum Gasteiger partial charge on any atom is -0.480 e. The van der Waals surface area contributed by atoms with E-state index in [-0.39, 0.29) is 18.6 Å². The summed E-state index contributed by atoms with van der Waals surface area (Å²) in [5.74, 6) is -2.18. The number of ether oxygens (including phenoxy) is 1. The molecule has 8 heteroatoms. The van der Waals surface area contributed by atoms with Gasteiger partial charge in [-0.05, 0) is 48.4 Å². The van der Waals surface area contributed by atoms with Crippen molar-refractivity contribution in [1.82, 2.24) is 10.6 Å². The van der Waals surface area contributed by atoms with Gasteiger partial charge in [0.05, 0.1) is 6.10 Å². The van der Waals surface area contributed by atoms with E-state index in [0.29, 0.717) is 19.3 Å². The van der Waals surface area contributed by atoms with Crippen LogP contribution in [0, 0.1) is 5.92 Å². The van der Waals surface area contributed by atoms with Gasteiger partial charge in [0.1, 0.15) is 6.61 Å². The first kappa shape index (κ1) is 23.8. The maximum atomic E-state index is 12.6. The number of alkyl carbamates (subject to hydrolysis) is 1. The van der Waals surface area contributed by atoms with E-state index in [9.17, 15) is 24.6 Å². The van der Waals surface area contributed by atoms with Gasteiger partial charge in [0.25, 0.3) is 0 Å². The summed E-state index contributed by atoms with van der Waals surface area (Å²) in [4.78, 5) is 36.4. The van der Waals surface area contributed by atoms with Crippen molar-refractivity contribution >= 4 is 18.0 Å². The predicted octanol–water partition coefficient (Wildman–Crippen LogP) is 3.03. The molecule has 4 atom stereocenters. The Hall–Kier alpha value is -3.39. The van der Waals surface area contributed by atoms with Crippen LogP contribution in [0.25, 0.3) is 11.1 Å². The van der Waals surface area contributed by atoms with Crippen molar-refractivity contribution in [2.45, 2.75) is 56.7 Å². The molecule has 4 rings (SSSR count). The van der Waals surface area contributed by atoms with Gasteiger partial charge in [-0.1, -0.05) is 55.0 Å². The summed E-state index contributed by atoms with van der Waals surface area (Å²) in [6.45, 7) is 1.53. The van der Waals surface area contributed by atoms with Gasteiger partial charge in [-0.3, -0.25) is 4.79 Å². The number of amides is 2. The van der Waals surface area contributed by atoms with Gasteiger partial charge in [-0.2, -0.15) is 0 Å². The zero-order chi connectivity index (χ0) is 24.2. The molecule has 1 saturated carbocycles. The second kappa shape index (κ2) is 10.3. The van der Waals surface area contributed by atoms with Crippen LogP contribution in [0.1, 0.15) is 49.7 Å². The lowest BCUT2D eigenvalue weighted by molar-refractivity contribution is -0.145. The Balaban J connectivity index is 1.32. The molecule has 2 amide bonds. The Kier molecular flexibility index (Phi) is 7.17. The molecule has 2 aliphatic rings. The lowest BCUT2D eigenvalue weighted by Crippen LogP contribution is -2.51. The van der Waals surface area contributed by atoms with Crippen LogP contribution >= 0.6 is 0 Å². The van der Waals surface area contributed by atoms with Crippen LogP contribution < -0.4 is 10.6 Å². The number of carboxylic acids is 1. The molecule has 180 valence electrons. The number of nitrogens with one attached hydrogen (secondary N) is 2. The summed E-state index contributed by atoms with van der Waals surface area (Å²) in [7, 11) is 0. The van der Waals surface area contributed by atoms with Crippen LogP contribution in [-0.4, -0.2) is 53.0 Å². The molecule has 4 N–H and O–H groups in total. The lowest BCUT2D eigenvalue weighted by Gasteiger charge is -2.30. The minimum atomic E-state index is -1.36. The monoisotopic (exact) mass is 466 g/mol. The summed E-state index contributed by atoms with van der Waals surface area (Å²) < 4.78 is 5.60. The van der Waals surface area contributed by atoms with Gasteiger partial charge in [0.2, 0.25) is 5.91 Å². The highest BCUT2D eigenvalue weighted by molar-refractivity contribution is 5.85. The van der Waals surface area contributed by atoms with Crippen LogP contribution in [0.2, 0.25) is 0 Å². The van der Waals surface area contributed by atoms with Crippen LogP contribution in [0.3, 0.4) is 0 Å². The van der Waals surface area contributed by atoms with Crippen LogP contribution in [-0.2, 0) is 14.3 Å². The molecule has 0 bridgehead atoms. The van der Waals surface area contributed by atoms with E-state index in [4.69, 9.17) is 4.74 Å². The van der Waals surface area contributed by atoms with E-state index in [1.54, 1.807) is 0 Å². The van der Waals surface area contributed by atoms with Gasteiger partial charge >= 0.3 is 12.1 Å². The summed E-state index contributed by atoms with van der Waals surface area (Å²) in [6.07, 6.45) is 0.689. The van der Waals surface area contributed by atoms with Crippen molar-refractivity contribution in [1.29, 1.82) is 0 Å². The highest BCUT2D eigenvalue weighted by atomic mass is 16.5. The number of carbonyl (C=O) groups excluding carboxylic acids is 2. The van der Waals surface area contributed by atoms with Crippen LogP contribution in [0.15, 0.2) is 48.5 Å². The number of aliphatic hydroxyl groups excluding tert-OH is 1. The molecule has 4 unspecified atom stereocenters. The van der Waals surface area contributed by atoms with E-state index in [1.807, 2.05) is 24.3 Å². The Bertz CT molecular complexity index is 1020.